The SMILES string of the molecule is CO[C@H]1[C@@H](CCI)CC[C@]1(C)OC. The van der Waals surface area contributed by atoms with Crippen LogP contribution in [0.3, 0.4) is 0 Å². The van der Waals surface area contributed by atoms with E-state index in [2.05, 4.69) is 29.5 Å². The highest BCUT2D eigenvalue weighted by molar-refractivity contribution is 14.1. The van der Waals surface area contributed by atoms with Crippen LogP contribution in [0.4, 0.5) is 0 Å². The van der Waals surface area contributed by atoms with Crippen LogP contribution in [-0.4, -0.2) is 30.4 Å². The Bertz CT molecular complexity index is 163. The first-order valence-electron chi connectivity index (χ1n) is 4.82. The highest BCUT2D eigenvalue weighted by Crippen LogP contribution is 2.40. The minimum Gasteiger partial charge on any atom is -0.378 e. The van der Waals surface area contributed by atoms with Gasteiger partial charge in [-0.05, 0) is 36.5 Å². The summed E-state index contributed by atoms with van der Waals surface area (Å²) >= 11 is 2.43. The van der Waals surface area contributed by atoms with E-state index in [1.165, 1.54) is 17.3 Å². The van der Waals surface area contributed by atoms with E-state index in [-0.39, 0.29) is 11.7 Å². The smallest absolute Gasteiger partial charge is 0.0913 e. The molecule has 3 heteroatoms. The molecule has 0 aliphatic heterocycles. The Morgan fingerprint density at radius 2 is 2.15 bits per heavy atom. The van der Waals surface area contributed by atoms with E-state index in [4.69, 9.17) is 9.47 Å². The first-order valence-corrected chi connectivity index (χ1v) is 6.34. The van der Waals surface area contributed by atoms with Crippen molar-refractivity contribution in [2.45, 2.75) is 37.9 Å². The van der Waals surface area contributed by atoms with Crippen molar-refractivity contribution in [2.24, 2.45) is 5.92 Å². The molecule has 0 N–H and O–H groups in total. The molecular formula is C10H19IO2. The van der Waals surface area contributed by atoms with E-state index in [9.17, 15) is 0 Å². The fraction of sp³-hybridized carbons (Fsp3) is 1.00. The summed E-state index contributed by atoms with van der Waals surface area (Å²) < 4.78 is 12.3. The monoisotopic (exact) mass is 298 g/mol. The summed E-state index contributed by atoms with van der Waals surface area (Å²) in [6, 6.07) is 0. The van der Waals surface area contributed by atoms with Crippen LogP contribution in [0.1, 0.15) is 26.2 Å². The summed E-state index contributed by atoms with van der Waals surface area (Å²) in [7, 11) is 3.59. The van der Waals surface area contributed by atoms with E-state index in [0.717, 1.165) is 6.42 Å². The van der Waals surface area contributed by atoms with Gasteiger partial charge >= 0.3 is 0 Å². The third-order valence-electron chi connectivity index (χ3n) is 3.24. The molecule has 0 spiro atoms. The normalized spacial score (nSPS) is 39.7. The Hall–Kier alpha value is 0.650. The molecule has 0 unspecified atom stereocenters. The molecule has 3 atom stereocenters. The van der Waals surface area contributed by atoms with Crippen molar-refractivity contribution < 1.29 is 9.47 Å². The predicted octanol–water partition coefficient (Wildman–Crippen LogP) is 2.64. The summed E-state index contributed by atoms with van der Waals surface area (Å²) in [5.74, 6) is 0.687. The molecule has 0 radical (unpaired) electrons. The van der Waals surface area contributed by atoms with E-state index >= 15 is 0 Å². The second kappa shape index (κ2) is 4.94. The fourth-order valence-corrected chi connectivity index (χ4v) is 3.16. The van der Waals surface area contributed by atoms with Gasteiger partial charge < -0.3 is 9.47 Å². The number of alkyl halides is 1. The molecule has 1 aliphatic rings. The second-order valence-electron chi connectivity index (χ2n) is 3.95. The highest BCUT2D eigenvalue weighted by Gasteiger charge is 2.45. The molecule has 0 saturated heterocycles. The van der Waals surface area contributed by atoms with Crippen LogP contribution < -0.4 is 0 Å². The standard InChI is InChI=1S/C10H19IO2/c1-10(13-3)6-4-8(5-7-11)9(10)12-2/h8-9H,4-7H2,1-3H3/t8-,9+,10+/m1/s1. The first kappa shape index (κ1) is 11.7. The quantitative estimate of drug-likeness (QED) is 0.587. The first-order chi connectivity index (χ1) is 6.18. The average Bonchev–Trinajstić information content (AvgIpc) is 2.45. The molecule has 0 aromatic heterocycles. The number of halogens is 1. The molecule has 0 aromatic rings. The zero-order valence-corrected chi connectivity index (χ0v) is 10.8. The number of hydrogen-bond acceptors (Lipinski definition) is 2. The lowest BCUT2D eigenvalue weighted by Gasteiger charge is -2.31. The molecule has 0 bridgehead atoms. The summed E-state index contributed by atoms with van der Waals surface area (Å²) in [5.41, 5.74) is -0.0504. The van der Waals surface area contributed by atoms with Crippen molar-refractivity contribution in [3.05, 3.63) is 0 Å². The van der Waals surface area contributed by atoms with Crippen molar-refractivity contribution in [3.63, 3.8) is 0 Å². The molecule has 13 heavy (non-hydrogen) atoms. The van der Waals surface area contributed by atoms with Gasteiger partial charge in [-0.1, -0.05) is 22.6 Å². The number of ether oxygens (including phenoxy) is 2. The molecule has 2 nitrogen and oxygen atoms in total. The van der Waals surface area contributed by atoms with E-state index in [1.54, 1.807) is 14.2 Å². The lowest BCUT2D eigenvalue weighted by molar-refractivity contribution is -0.0996. The van der Waals surface area contributed by atoms with Crippen molar-refractivity contribution >= 4 is 22.6 Å². The Morgan fingerprint density at radius 1 is 1.46 bits per heavy atom. The van der Waals surface area contributed by atoms with Gasteiger partial charge in [-0.25, -0.2) is 0 Å². The molecule has 1 saturated carbocycles. The topological polar surface area (TPSA) is 18.5 Å². The molecule has 0 heterocycles. The number of methoxy groups -OCH3 is 2. The molecule has 1 rings (SSSR count). The maximum absolute atomic E-state index is 5.55. The zero-order chi connectivity index (χ0) is 9.90. The lowest BCUT2D eigenvalue weighted by atomic mass is 9.96. The van der Waals surface area contributed by atoms with Gasteiger partial charge in [0.05, 0.1) is 11.7 Å². The third-order valence-corrected chi connectivity index (χ3v) is 3.86. The van der Waals surface area contributed by atoms with Gasteiger partial charge in [0.25, 0.3) is 0 Å². The maximum Gasteiger partial charge on any atom is 0.0913 e. The Kier molecular flexibility index (Phi) is 4.45. The van der Waals surface area contributed by atoms with Gasteiger partial charge in [-0.2, -0.15) is 0 Å². The van der Waals surface area contributed by atoms with Gasteiger partial charge in [-0.15, -0.1) is 0 Å². The van der Waals surface area contributed by atoms with Crippen LogP contribution in [0.25, 0.3) is 0 Å². The van der Waals surface area contributed by atoms with E-state index < -0.39 is 0 Å². The van der Waals surface area contributed by atoms with Crippen molar-refractivity contribution in [1.29, 1.82) is 0 Å². The molecule has 78 valence electrons. The van der Waals surface area contributed by atoms with E-state index in [1.807, 2.05) is 0 Å². The fourth-order valence-electron chi connectivity index (χ4n) is 2.36. The van der Waals surface area contributed by atoms with Crippen LogP contribution >= 0.6 is 22.6 Å². The Labute approximate surface area is 94.5 Å². The number of hydrogen-bond donors (Lipinski definition) is 0. The summed E-state index contributed by atoms with van der Waals surface area (Å²) in [6.45, 7) is 2.16. The minimum absolute atomic E-state index is 0.0504. The molecular weight excluding hydrogens is 279 g/mol. The van der Waals surface area contributed by atoms with Crippen LogP contribution in [0.2, 0.25) is 0 Å². The zero-order valence-electron chi connectivity index (χ0n) is 8.68. The van der Waals surface area contributed by atoms with Gasteiger partial charge in [0.2, 0.25) is 0 Å². The Balaban J connectivity index is 2.62. The van der Waals surface area contributed by atoms with Crippen molar-refractivity contribution in [3.8, 4) is 0 Å². The van der Waals surface area contributed by atoms with Crippen molar-refractivity contribution in [1.82, 2.24) is 0 Å². The molecule has 0 aromatic carbocycles. The largest absolute Gasteiger partial charge is 0.378 e. The molecule has 1 aliphatic carbocycles. The lowest BCUT2D eigenvalue weighted by Crippen LogP contribution is -2.40. The molecule has 0 amide bonds. The minimum atomic E-state index is -0.0504. The van der Waals surface area contributed by atoms with Gasteiger partial charge in [0.15, 0.2) is 0 Å². The van der Waals surface area contributed by atoms with Crippen LogP contribution in [0, 0.1) is 5.92 Å². The summed E-state index contributed by atoms with van der Waals surface area (Å²) in [4.78, 5) is 0. The van der Waals surface area contributed by atoms with Gasteiger partial charge in [0.1, 0.15) is 0 Å². The molecule has 1 fully saturated rings. The Morgan fingerprint density at radius 3 is 2.62 bits per heavy atom. The second-order valence-corrected chi connectivity index (χ2v) is 5.03. The number of rotatable bonds is 4. The van der Waals surface area contributed by atoms with E-state index in [0.29, 0.717) is 5.92 Å². The highest BCUT2D eigenvalue weighted by atomic mass is 127. The summed E-state index contributed by atoms with van der Waals surface area (Å²) in [6.07, 6.45) is 3.90. The van der Waals surface area contributed by atoms with Crippen LogP contribution in [0.5, 0.6) is 0 Å². The van der Waals surface area contributed by atoms with Crippen LogP contribution in [0.15, 0.2) is 0 Å². The third kappa shape index (κ3) is 2.36. The summed E-state index contributed by atoms with van der Waals surface area (Å²) in [5, 5.41) is 0. The predicted molar refractivity (Wildman–Crippen MR) is 62.4 cm³/mol. The van der Waals surface area contributed by atoms with Gasteiger partial charge in [-0.3, -0.25) is 0 Å². The van der Waals surface area contributed by atoms with Gasteiger partial charge in [0, 0.05) is 14.2 Å². The van der Waals surface area contributed by atoms with Crippen LogP contribution in [-0.2, 0) is 9.47 Å². The van der Waals surface area contributed by atoms with Crippen molar-refractivity contribution in [2.75, 3.05) is 18.6 Å². The maximum atomic E-state index is 5.55. The average molecular weight is 298 g/mol.